The van der Waals surface area contributed by atoms with Crippen molar-refractivity contribution in [2.75, 3.05) is 13.2 Å². The summed E-state index contributed by atoms with van der Waals surface area (Å²) in [5.74, 6) is -0.901. The summed E-state index contributed by atoms with van der Waals surface area (Å²) in [5, 5.41) is 0. The van der Waals surface area contributed by atoms with E-state index in [2.05, 4.69) is 57.2 Å². The van der Waals surface area contributed by atoms with E-state index >= 15 is 0 Å². The third kappa shape index (κ3) is 44.7. The number of esters is 3. The van der Waals surface area contributed by atoms with E-state index in [0.717, 1.165) is 77.0 Å². The second kappa shape index (κ2) is 47.3. The maximum Gasteiger partial charge on any atom is 0.306 e. The number of ether oxygens (including phenoxy) is 3. The summed E-state index contributed by atoms with van der Waals surface area (Å²) in [6.45, 7) is 6.58. The van der Waals surface area contributed by atoms with Gasteiger partial charge < -0.3 is 14.2 Å². The van der Waals surface area contributed by atoms with Gasteiger partial charge in [0.15, 0.2) is 6.10 Å². The molecule has 0 rings (SSSR count). The van der Waals surface area contributed by atoms with Gasteiger partial charge in [0, 0.05) is 19.3 Å². The van der Waals surface area contributed by atoms with Crippen molar-refractivity contribution < 1.29 is 28.6 Å². The topological polar surface area (TPSA) is 78.9 Å². The van der Waals surface area contributed by atoms with Crippen LogP contribution in [0.4, 0.5) is 0 Å². The second-order valence-corrected chi connectivity index (χ2v) is 16.8. The molecular weight excluding hydrogens is 721 g/mol. The summed E-state index contributed by atoms with van der Waals surface area (Å²) < 4.78 is 16.7. The van der Waals surface area contributed by atoms with Gasteiger partial charge in [-0.3, -0.25) is 14.4 Å². The van der Waals surface area contributed by atoms with Gasteiger partial charge in [-0.2, -0.15) is 0 Å². The Kier molecular flexibility index (Phi) is 45.4. The number of carbonyl (C=O) groups is 3. The minimum Gasteiger partial charge on any atom is -0.462 e. The van der Waals surface area contributed by atoms with Gasteiger partial charge in [-0.05, 0) is 70.6 Å². The summed E-state index contributed by atoms with van der Waals surface area (Å²) in [5.41, 5.74) is 0. The van der Waals surface area contributed by atoms with Crippen LogP contribution in [0.25, 0.3) is 0 Å². The lowest BCUT2D eigenvalue weighted by atomic mass is 10.1. The number of rotatable bonds is 45. The lowest BCUT2D eigenvalue weighted by Crippen LogP contribution is -2.30. The van der Waals surface area contributed by atoms with E-state index in [9.17, 15) is 14.4 Å². The molecule has 1 atom stereocenters. The summed E-state index contributed by atoms with van der Waals surface area (Å²) in [4.78, 5) is 37.9. The fourth-order valence-corrected chi connectivity index (χ4v) is 7.07. The molecule has 0 radical (unpaired) electrons. The van der Waals surface area contributed by atoms with E-state index in [-0.39, 0.29) is 31.1 Å². The zero-order valence-electron chi connectivity index (χ0n) is 38.6. The molecule has 6 heteroatoms. The Morgan fingerprint density at radius 1 is 0.345 bits per heavy atom. The van der Waals surface area contributed by atoms with Gasteiger partial charge in [0.2, 0.25) is 0 Å². The van der Waals surface area contributed by atoms with E-state index in [1.807, 2.05) is 0 Å². The molecule has 58 heavy (non-hydrogen) atoms. The van der Waals surface area contributed by atoms with Gasteiger partial charge >= 0.3 is 17.9 Å². The Morgan fingerprint density at radius 2 is 0.621 bits per heavy atom. The maximum absolute atomic E-state index is 12.8. The first-order valence-electron chi connectivity index (χ1n) is 25.0. The highest BCUT2D eigenvalue weighted by Crippen LogP contribution is 2.14. The zero-order chi connectivity index (χ0) is 42.3. The minimum atomic E-state index is -0.780. The predicted octanol–water partition coefficient (Wildman–Crippen LogP) is 16.1. The summed E-state index contributed by atoms with van der Waals surface area (Å²) in [6.07, 6.45) is 54.1. The van der Waals surface area contributed by atoms with Crippen molar-refractivity contribution in [1.82, 2.24) is 0 Å². The quantitative estimate of drug-likeness (QED) is 0.0200. The van der Waals surface area contributed by atoms with Crippen LogP contribution >= 0.6 is 0 Å². The van der Waals surface area contributed by atoms with Crippen molar-refractivity contribution in [3.05, 3.63) is 36.5 Å². The smallest absolute Gasteiger partial charge is 0.306 e. The van der Waals surface area contributed by atoms with Crippen LogP contribution in [-0.2, 0) is 28.6 Å². The lowest BCUT2D eigenvalue weighted by molar-refractivity contribution is -0.167. The average Bonchev–Trinajstić information content (AvgIpc) is 3.22. The third-order valence-corrected chi connectivity index (χ3v) is 10.9. The molecule has 0 saturated carbocycles. The van der Waals surface area contributed by atoms with Gasteiger partial charge in [-0.25, -0.2) is 0 Å². The Morgan fingerprint density at radius 3 is 1.02 bits per heavy atom. The first-order chi connectivity index (χ1) is 28.5. The highest BCUT2D eigenvalue weighted by Gasteiger charge is 2.19. The van der Waals surface area contributed by atoms with Gasteiger partial charge in [-0.1, -0.05) is 205 Å². The normalized spacial score (nSPS) is 12.3. The number of unbranched alkanes of at least 4 members (excludes halogenated alkanes) is 29. The number of hydrogen-bond acceptors (Lipinski definition) is 6. The largest absolute Gasteiger partial charge is 0.462 e. The molecule has 1 unspecified atom stereocenters. The van der Waals surface area contributed by atoms with Crippen LogP contribution < -0.4 is 0 Å². The fourth-order valence-electron chi connectivity index (χ4n) is 7.07. The molecule has 0 aliphatic rings. The number of hydrogen-bond donors (Lipinski definition) is 0. The molecule has 0 aromatic rings. The van der Waals surface area contributed by atoms with Crippen molar-refractivity contribution >= 4 is 17.9 Å². The van der Waals surface area contributed by atoms with Gasteiger partial charge in [0.05, 0.1) is 0 Å². The molecule has 0 fully saturated rings. The molecule has 0 aromatic heterocycles. The molecule has 0 aliphatic carbocycles. The standard InChI is InChI=1S/C52H94O6/c1-4-7-10-13-16-19-22-24-26-28-30-33-36-39-42-45-51(54)57-48-49(47-56-50(53)44-41-38-35-32-29-21-18-15-12-9-6-3)58-52(55)46-43-40-37-34-31-27-25-23-20-17-14-11-8-5-2/h16,19,22,24,27,31,49H,4-15,17-18,20-21,23,25-26,28-30,32-48H2,1-3H3/b19-16-,24-22-,31-27-. The van der Waals surface area contributed by atoms with E-state index in [1.165, 1.54) is 141 Å². The first-order valence-corrected chi connectivity index (χ1v) is 25.0. The highest BCUT2D eigenvalue weighted by molar-refractivity contribution is 5.71. The average molecular weight is 815 g/mol. The van der Waals surface area contributed by atoms with E-state index in [0.29, 0.717) is 19.3 Å². The maximum atomic E-state index is 12.8. The Labute approximate surface area is 359 Å². The molecule has 0 amide bonds. The molecule has 0 aliphatic heterocycles. The van der Waals surface area contributed by atoms with Crippen molar-refractivity contribution in [3.8, 4) is 0 Å². The van der Waals surface area contributed by atoms with Crippen LogP contribution in [0.3, 0.4) is 0 Å². The van der Waals surface area contributed by atoms with Crippen molar-refractivity contribution in [3.63, 3.8) is 0 Å². The van der Waals surface area contributed by atoms with Gasteiger partial charge in [0.25, 0.3) is 0 Å². The fraction of sp³-hybridized carbons (Fsp3) is 0.827. The first kappa shape index (κ1) is 55.6. The van der Waals surface area contributed by atoms with Crippen molar-refractivity contribution in [2.24, 2.45) is 0 Å². The Hall–Kier alpha value is -2.37. The van der Waals surface area contributed by atoms with Gasteiger partial charge in [0.1, 0.15) is 13.2 Å². The molecule has 0 spiro atoms. The summed E-state index contributed by atoms with van der Waals surface area (Å²) in [7, 11) is 0. The van der Waals surface area contributed by atoms with E-state index in [4.69, 9.17) is 14.2 Å². The van der Waals surface area contributed by atoms with E-state index < -0.39 is 6.10 Å². The van der Waals surface area contributed by atoms with Gasteiger partial charge in [-0.15, -0.1) is 0 Å². The zero-order valence-corrected chi connectivity index (χ0v) is 38.6. The summed E-state index contributed by atoms with van der Waals surface area (Å²) in [6, 6.07) is 0. The van der Waals surface area contributed by atoms with Crippen molar-refractivity contribution in [1.29, 1.82) is 0 Å². The molecule has 0 bridgehead atoms. The minimum absolute atomic E-state index is 0.0795. The Bertz CT molecular complexity index is 984. The molecule has 0 N–H and O–H groups in total. The Balaban J connectivity index is 4.39. The van der Waals surface area contributed by atoms with E-state index in [1.54, 1.807) is 0 Å². The predicted molar refractivity (Wildman–Crippen MR) is 247 cm³/mol. The molecular formula is C52H94O6. The molecule has 0 saturated heterocycles. The van der Waals surface area contributed by atoms with Crippen LogP contribution in [-0.4, -0.2) is 37.2 Å². The SMILES string of the molecule is CCCCC/C=C\C=C/CCCCCCCCC(=O)OCC(COC(=O)CCCCCCCCCCCCC)OC(=O)CCCCC/C=C\CCCCCCCCC. The monoisotopic (exact) mass is 815 g/mol. The van der Waals surface area contributed by atoms with Crippen LogP contribution in [0.5, 0.6) is 0 Å². The van der Waals surface area contributed by atoms with Crippen molar-refractivity contribution in [2.45, 2.75) is 264 Å². The van der Waals surface area contributed by atoms with Crippen LogP contribution in [0.1, 0.15) is 258 Å². The van der Waals surface area contributed by atoms with Crippen LogP contribution in [0, 0.1) is 0 Å². The van der Waals surface area contributed by atoms with Crippen LogP contribution in [0.2, 0.25) is 0 Å². The molecule has 338 valence electrons. The molecule has 0 heterocycles. The summed E-state index contributed by atoms with van der Waals surface area (Å²) >= 11 is 0. The highest BCUT2D eigenvalue weighted by atomic mass is 16.6. The number of allylic oxidation sites excluding steroid dienone is 6. The van der Waals surface area contributed by atoms with Crippen LogP contribution in [0.15, 0.2) is 36.5 Å². The second-order valence-electron chi connectivity index (χ2n) is 16.8. The lowest BCUT2D eigenvalue weighted by Gasteiger charge is -2.18. The molecule has 0 aromatic carbocycles. The third-order valence-electron chi connectivity index (χ3n) is 10.9. The molecule has 6 nitrogen and oxygen atoms in total. The number of carbonyl (C=O) groups excluding carboxylic acids is 3.